The number of carbonyl (C=O) groups is 2. The van der Waals surface area contributed by atoms with Crippen molar-refractivity contribution in [2.45, 2.75) is 19.3 Å². The third kappa shape index (κ3) is 5.63. The van der Waals surface area contributed by atoms with E-state index in [9.17, 15) is 9.59 Å². The molecule has 1 saturated heterocycles. The molecule has 1 aliphatic rings. The number of nitrogens with zero attached hydrogens (tertiary/aromatic N) is 1. The van der Waals surface area contributed by atoms with Crippen LogP contribution in [0.2, 0.25) is 0 Å². The number of piperidine rings is 1. The van der Waals surface area contributed by atoms with Crippen LogP contribution in [0.4, 0.5) is 11.4 Å². The van der Waals surface area contributed by atoms with Gasteiger partial charge in [-0.15, -0.1) is 0 Å². The van der Waals surface area contributed by atoms with Crippen LogP contribution >= 0.6 is 0 Å². The number of para-hydroxylation sites is 1. The van der Waals surface area contributed by atoms with Crippen molar-refractivity contribution in [1.29, 1.82) is 0 Å². The smallest absolute Gasteiger partial charge is 0.227 e. The van der Waals surface area contributed by atoms with Crippen LogP contribution in [0.5, 0.6) is 11.5 Å². The molecule has 29 heavy (non-hydrogen) atoms. The first kappa shape index (κ1) is 20.5. The highest BCUT2D eigenvalue weighted by atomic mass is 16.5. The number of nitrogens with two attached hydrogens (primary N) is 1. The maximum Gasteiger partial charge on any atom is 0.227 e. The van der Waals surface area contributed by atoms with Crippen LogP contribution in [-0.4, -0.2) is 43.5 Å². The van der Waals surface area contributed by atoms with E-state index in [2.05, 4.69) is 5.32 Å². The Morgan fingerprint density at radius 1 is 1.10 bits per heavy atom. The minimum atomic E-state index is -0.148. The van der Waals surface area contributed by atoms with Crippen molar-refractivity contribution in [3.8, 4) is 11.5 Å². The van der Waals surface area contributed by atoms with E-state index in [0.29, 0.717) is 56.1 Å². The van der Waals surface area contributed by atoms with Crippen LogP contribution < -0.4 is 20.5 Å². The Kier molecular flexibility index (Phi) is 6.94. The summed E-state index contributed by atoms with van der Waals surface area (Å²) in [5.41, 5.74) is 6.98. The van der Waals surface area contributed by atoms with Crippen molar-refractivity contribution in [3.05, 3.63) is 48.5 Å². The van der Waals surface area contributed by atoms with Gasteiger partial charge < -0.3 is 25.4 Å². The fourth-order valence-electron chi connectivity index (χ4n) is 3.33. The minimum absolute atomic E-state index is 0.0526. The summed E-state index contributed by atoms with van der Waals surface area (Å²) in [6.07, 6.45) is 1.58. The molecule has 3 rings (SSSR count). The number of carbonyl (C=O) groups excluding carboxylic acids is 2. The van der Waals surface area contributed by atoms with Gasteiger partial charge in [-0.2, -0.15) is 0 Å². The highest BCUT2D eigenvalue weighted by Gasteiger charge is 2.27. The van der Waals surface area contributed by atoms with Crippen molar-refractivity contribution in [3.63, 3.8) is 0 Å². The molecule has 154 valence electrons. The molecule has 7 nitrogen and oxygen atoms in total. The Morgan fingerprint density at radius 3 is 2.52 bits per heavy atom. The molecule has 0 spiro atoms. The Labute approximate surface area is 170 Å². The number of amides is 2. The minimum Gasteiger partial charge on any atom is -0.497 e. The van der Waals surface area contributed by atoms with E-state index in [1.165, 1.54) is 0 Å². The van der Waals surface area contributed by atoms with Gasteiger partial charge in [-0.05, 0) is 37.1 Å². The molecule has 2 aromatic carbocycles. The highest BCUT2D eigenvalue weighted by molar-refractivity contribution is 5.95. The van der Waals surface area contributed by atoms with Crippen molar-refractivity contribution in [2.75, 3.05) is 37.9 Å². The van der Waals surface area contributed by atoms with Crippen LogP contribution in [0, 0.1) is 5.92 Å². The molecular formula is C22H27N3O4. The predicted molar refractivity (Wildman–Crippen MR) is 112 cm³/mol. The Balaban J connectivity index is 1.43. The van der Waals surface area contributed by atoms with E-state index in [-0.39, 0.29) is 17.7 Å². The first-order chi connectivity index (χ1) is 14.1. The number of ether oxygens (including phenoxy) is 2. The average molecular weight is 397 g/mol. The molecular weight excluding hydrogens is 370 g/mol. The van der Waals surface area contributed by atoms with Gasteiger partial charge in [-0.1, -0.05) is 18.2 Å². The van der Waals surface area contributed by atoms with Gasteiger partial charge in [0.25, 0.3) is 0 Å². The zero-order valence-corrected chi connectivity index (χ0v) is 16.6. The zero-order chi connectivity index (χ0) is 20.6. The second-order valence-corrected chi connectivity index (χ2v) is 7.01. The predicted octanol–water partition coefficient (Wildman–Crippen LogP) is 2.92. The summed E-state index contributed by atoms with van der Waals surface area (Å²) in [5.74, 6) is 1.21. The number of nitrogens with one attached hydrogen (secondary N) is 1. The standard InChI is InChI=1S/C22H27N3O4/c1-28-18-7-8-19(23)20(15-18)24-22(27)16-9-12-25(13-10-16)21(26)11-14-29-17-5-3-2-4-6-17/h2-8,15-16H,9-14,23H2,1H3,(H,24,27). The van der Waals surface area contributed by atoms with Crippen LogP contribution in [0.15, 0.2) is 48.5 Å². The number of nitrogen functional groups attached to an aromatic ring is 1. The molecule has 0 bridgehead atoms. The van der Waals surface area contributed by atoms with Gasteiger partial charge in [0.15, 0.2) is 0 Å². The summed E-state index contributed by atoms with van der Waals surface area (Å²) in [5, 5.41) is 2.88. The quantitative estimate of drug-likeness (QED) is 0.701. The number of likely N-dealkylation sites (tertiary alicyclic amines) is 1. The van der Waals surface area contributed by atoms with Crippen LogP contribution in [0.3, 0.4) is 0 Å². The second-order valence-electron chi connectivity index (χ2n) is 7.01. The fraction of sp³-hybridized carbons (Fsp3) is 0.364. The van der Waals surface area contributed by atoms with E-state index in [1.807, 2.05) is 30.3 Å². The molecule has 0 aliphatic carbocycles. The summed E-state index contributed by atoms with van der Waals surface area (Å²) < 4.78 is 10.8. The molecule has 0 aromatic heterocycles. The Hall–Kier alpha value is -3.22. The molecule has 1 heterocycles. The summed E-state index contributed by atoms with van der Waals surface area (Å²) >= 11 is 0. The summed E-state index contributed by atoms with van der Waals surface area (Å²) in [6, 6.07) is 14.6. The summed E-state index contributed by atoms with van der Waals surface area (Å²) in [6.45, 7) is 1.48. The normalized spacial score (nSPS) is 14.3. The van der Waals surface area contributed by atoms with Crippen LogP contribution in [-0.2, 0) is 9.59 Å². The van der Waals surface area contributed by atoms with Gasteiger partial charge in [0.2, 0.25) is 11.8 Å². The highest BCUT2D eigenvalue weighted by Crippen LogP contribution is 2.26. The Bertz CT molecular complexity index is 833. The van der Waals surface area contributed by atoms with Crippen molar-refractivity contribution < 1.29 is 19.1 Å². The second kappa shape index (κ2) is 9.82. The first-order valence-electron chi connectivity index (χ1n) is 9.77. The summed E-state index contributed by atoms with van der Waals surface area (Å²) in [7, 11) is 1.56. The number of anilines is 2. The third-order valence-electron chi connectivity index (χ3n) is 5.06. The van der Waals surface area contributed by atoms with E-state index < -0.39 is 0 Å². The van der Waals surface area contributed by atoms with Gasteiger partial charge in [0, 0.05) is 25.1 Å². The van der Waals surface area contributed by atoms with Crippen LogP contribution in [0.25, 0.3) is 0 Å². The van der Waals surface area contributed by atoms with E-state index in [4.69, 9.17) is 15.2 Å². The molecule has 0 radical (unpaired) electrons. The molecule has 3 N–H and O–H groups in total. The van der Waals surface area contributed by atoms with E-state index >= 15 is 0 Å². The van der Waals surface area contributed by atoms with Crippen LogP contribution in [0.1, 0.15) is 19.3 Å². The van der Waals surface area contributed by atoms with Crippen molar-refractivity contribution >= 4 is 23.2 Å². The van der Waals surface area contributed by atoms with E-state index in [0.717, 1.165) is 5.75 Å². The lowest BCUT2D eigenvalue weighted by Gasteiger charge is -2.31. The lowest BCUT2D eigenvalue weighted by molar-refractivity contribution is -0.135. The zero-order valence-electron chi connectivity index (χ0n) is 16.6. The number of hydrogen-bond acceptors (Lipinski definition) is 5. The molecule has 0 saturated carbocycles. The molecule has 1 aliphatic heterocycles. The van der Waals surface area contributed by atoms with Gasteiger partial charge >= 0.3 is 0 Å². The van der Waals surface area contributed by atoms with E-state index in [1.54, 1.807) is 30.2 Å². The molecule has 2 amide bonds. The van der Waals surface area contributed by atoms with Crippen molar-refractivity contribution in [1.82, 2.24) is 4.90 Å². The largest absolute Gasteiger partial charge is 0.497 e. The van der Waals surface area contributed by atoms with Gasteiger partial charge in [-0.25, -0.2) is 0 Å². The van der Waals surface area contributed by atoms with Gasteiger partial charge in [0.05, 0.1) is 31.5 Å². The third-order valence-corrected chi connectivity index (χ3v) is 5.06. The Morgan fingerprint density at radius 2 is 1.83 bits per heavy atom. The molecule has 1 fully saturated rings. The van der Waals surface area contributed by atoms with Gasteiger partial charge in [0.1, 0.15) is 11.5 Å². The van der Waals surface area contributed by atoms with Gasteiger partial charge in [-0.3, -0.25) is 9.59 Å². The monoisotopic (exact) mass is 397 g/mol. The molecule has 2 aromatic rings. The topological polar surface area (TPSA) is 93.9 Å². The fourth-order valence-corrected chi connectivity index (χ4v) is 3.33. The first-order valence-corrected chi connectivity index (χ1v) is 9.77. The summed E-state index contributed by atoms with van der Waals surface area (Å²) in [4.78, 5) is 26.8. The maximum atomic E-state index is 12.6. The molecule has 0 unspecified atom stereocenters. The number of benzene rings is 2. The molecule has 7 heteroatoms. The number of methoxy groups -OCH3 is 1. The lowest BCUT2D eigenvalue weighted by atomic mass is 9.95. The SMILES string of the molecule is COc1ccc(N)c(NC(=O)C2CCN(C(=O)CCOc3ccccc3)CC2)c1. The molecule has 0 atom stereocenters. The number of hydrogen-bond donors (Lipinski definition) is 2. The average Bonchev–Trinajstić information content (AvgIpc) is 2.76. The van der Waals surface area contributed by atoms with Crippen molar-refractivity contribution in [2.24, 2.45) is 5.92 Å². The lowest BCUT2D eigenvalue weighted by Crippen LogP contribution is -2.41. The maximum absolute atomic E-state index is 12.6. The number of rotatable bonds is 7.